The van der Waals surface area contributed by atoms with E-state index in [9.17, 15) is 4.79 Å². The van der Waals surface area contributed by atoms with Gasteiger partial charge in [-0.25, -0.2) is 0 Å². The second-order valence-electron chi connectivity index (χ2n) is 6.78. The van der Waals surface area contributed by atoms with Crippen molar-refractivity contribution in [2.24, 2.45) is 5.73 Å². The van der Waals surface area contributed by atoms with E-state index in [0.29, 0.717) is 13.2 Å². The number of likely N-dealkylation sites (tertiary alicyclic amines) is 1. The van der Waals surface area contributed by atoms with Crippen LogP contribution in [0.5, 0.6) is 5.75 Å². The van der Waals surface area contributed by atoms with Crippen molar-refractivity contribution in [3.05, 3.63) is 57.8 Å². The number of rotatable bonds is 3. The Morgan fingerprint density at radius 2 is 2.16 bits per heavy atom. The number of hydrogen-bond acceptors (Lipinski definition) is 4. The zero-order valence-corrected chi connectivity index (χ0v) is 14.9. The fourth-order valence-corrected chi connectivity index (χ4v) is 4.37. The average molecular weight is 354 g/mol. The first-order chi connectivity index (χ1) is 12.2. The monoisotopic (exact) mass is 354 g/mol. The van der Waals surface area contributed by atoms with Crippen LogP contribution in [0.3, 0.4) is 0 Å². The van der Waals surface area contributed by atoms with E-state index in [1.165, 1.54) is 5.56 Å². The molecule has 5 heteroatoms. The van der Waals surface area contributed by atoms with Gasteiger partial charge >= 0.3 is 0 Å². The summed E-state index contributed by atoms with van der Waals surface area (Å²) in [7, 11) is 0. The number of carbonyl (C=O) groups is 1. The summed E-state index contributed by atoms with van der Waals surface area (Å²) in [6.07, 6.45) is 5.47. The molecule has 0 atom stereocenters. The van der Waals surface area contributed by atoms with Crippen LogP contribution < -0.4 is 10.5 Å². The first-order valence-corrected chi connectivity index (χ1v) is 9.55. The Morgan fingerprint density at radius 1 is 1.32 bits per heavy atom. The standard InChI is InChI=1S/C20H22N2O2S/c21-13-15-3-5-18-17(12-15)20(14-24-18)7-9-22(10-8-20)19(23)6-4-16-2-1-11-25-16/h1-6,11-12H,7-10,13-14,21H2. The maximum Gasteiger partial charge on any atom is 0.246 e. The second kappa shape index (κ2) is 6.65. The van der Waals surface area contributed by atoms with Crippen molar-refractivity contribution >= 4 is 23.3 Å². The van der Waals surface area contributed by atoms with E-state index in [4.69, 9.17) is 10.5 Å². The normalized spacial score (nSPS) is 18.5. The van der Waals surface area contributed by atoms with Crippen LogP contribution in [0.4, 0.5) is 0 Å². The molecule has 1 fully saturated rings. The molecule has 0 aliphatic carbocycles. The van der Waals surface area contributed by atoms with Crippen LogP contribution in [-0.2, 0) is 16.8 Å². The first-order valence-electron chi connectivity index (χ1n) is 8.67. The number of carbonyl (C=O) groups excluding carboxylic acids is 1. The Morgan fingerprint density at radius 3 is 2.88 bits per heavy atom. The fraction of sp³-hybridized carbons (Fsp3) is 0.350. The minimum absolute atomic E-state index is 0.0365. The number of nitrogens with two attached hydrogens (primary N) is 1. The third-order valence-corrected chi connectivity index (χ3v) is 6.16. The van der Waals surface area contributed by atoms with E-state index in [2.05, 4.69) is 6.07 Å². The van der Waals surface area contributed by atoms with Gasteiger partial charge < -0.3 is 15.4 Å². The Labute approximate surface area is 151 Å². The molecule has 2 N–H and O–H groups in total. The lowest BCUT2D eigenvalue weighted by Gasteiger charge is -2.38. The molecule has 0 radical (unpaired) electrons. The van der Waals surface area contributed by atoms with Crippen LogP contribution in [0, 0.1) is 0 Å². The second-order valence-corrected chi connectivity index (χ2v) is 7.76. The zero-order chi connectivity index (χ0) is 17.3. The summed E-state index contributed by atoms with van der Waals surface area (Å²) >= 11 is 1.64. The van der Waals surface area contributed by atoms with Gasteiger partial charge in [-0.05, 0) is 42.0 Å². The summed E-state index contributed by atoms with van der Waals surface area (Å²) in [4.78, 5) is 15.5. The van der Waals surface area contributed by atoms with Crippen LogP contribution in [0.15, 0.2) is 41.8 Å². The SMILES string of the molecule is NCc1ccc2c(c1)C1(CCN(C(=O)C=Cc3cccs3)CC1)CO2. The summed E-state index contributed by atoms with van der Waals surface area (Å²) in [5.41, 5.74) is 8.25. The van der Waals surface area contributed by atoms with Gasteiger partial charge in [0.1, 0.15) is 5.75 Å². The molecule has 1 saturated heterocycles. The van der Waals surface area contributed by atoms with Crippen molar-refractivity contribution in [1.29, 1.82) is 0 Å². The molecule has 2 aliphatic heterocycles. The molecule has 1 aromatic carbocycles. The highest BCUT2D eigenvalue weighted by Crippen LogP contribution is 2.45. The summed E-state index contributed by atoms with van der Waals surface area (Å²) in [5.74, 6) is 1.08. The van der Waals surface area contributed by atoms with Crippen molar-refractivity contribution < 1.29 is 9.53 Å². The predicted octanol–water partition coefficient (Wildman–Crippen LogP) is 3.17. The van der Waals surface area contributed by atoms with Crippen molar-refractivity contribution in [1.82, 2.24) is 4.90 Å². The lowest BCUT2D eigenvalue weighted by Crippen LogP contribution is -2.45. The van der Waals surface area contributed by atoms with Gasteiger partial charge in [0.15, 0.2) is 0 Å². The molecule has 2 aromatic rings. The number of amides is 1. The van der Waals surface area contributed by atoms with E-state index in [1.54, 1.807) is 17.4 Å². The molecule has 1 aromatic heterocycles. The van der Waals surface area contributed by atoms with Gasteiger partial charge in [-0.1, -0.05) is 18.2 Å². The van der Waals surface area contributed by atoms with Gasteiger partial charge in [0.25, 0.3) is 0 Å². The number of hydrogen-bond donors (Lipinski definition) is 1. The number of piperidine rings is 1. The molecular weight excluding hydrogens is 332 g/mol. The highest BCUT2D eigenvalue weighted by atomic mass is 32.1. The molecular formula is C20H22N2O2S. The molecule has 1 spiro atoms. The van der Waals surface area contributed by atoms with E-state index < -0.39 is 0 Å². The number of nitrogens with zero attached hydrogens (tertiary/aromatic N) is 1. The molecule has 3 heterocycles. The van der Waals surface area contributed by atoms with Gasteiger partial charge in [0.2, 0.25) is 5.91 Å². The lowest BCUT2D eigenvalue weighted by molar-refractivity contribution is -0.127. The van der Waals surface area contributed by atoms with Gasteiger partial charge in [-0.2, -0.15) is 0 Å². The van der Waals surface area contributed by atoms with E-state index >= 15 is 0 Å². The van der Waals surface area contributed by atoms with Crippen molar-refractivity contribution in [2.75, 3.05) is 19.7 Å². The largest absolute Gasteiger partial charge is 0.492 e. The van der Waals surface area contributed by atoms with Crippen molar-refractivity contribution in [3.63, 3.8) is 0 Å². The number of fused-ring (bicyclic) bond motifs is 2. The van der Waals surface area contributed by atoms with Crippen LogP contribution >= 0.6 is 11.3 Å². The van der Waals surface area contributed by atoms with Gasteiger partial charge in [-0.3, -0.25) is 4.79 Å². The molecule has 0 saturated carbocycles. The molecule has 2 aliphatic rings. The highest BCUT2D eigenvalue weighted by molar-refractivity contribution is 7.10. The average Bonchev–Trinajstić information content (AvgIpc) is 3.29. The molecule has 1 amide bonds. The number of benzene rings is 1. The van der Waals surface area contributed by atoms with Crippen LogP contribution in [0.25, 0.3) is 6.08 Å². The first kappa shape index (κ1) is 16.4. The van der Waals surface area contributed by atoms with Crippen LogP contribution in [0.2, 0.25) is 0 Å². The van der Waals surface area contributed by atoms with Crippen molar-refractivity contribution in [3.8, 4) is 5.75 Å². The molecule has 25 heavy (non-hydrogen) atoms. The van der Waals surface area contributed by atoms with E-state index in [-0.39, 0.29) is 11.3 Å². The van der Waals surface area contributed by atoms with E-state index in [1.807, 2.05) is 40.6 Å². The summed E-state index contributed by atoms with van der Waals surface area (Å²) in [6.45, 7) is 2.79. The Bertz CT molecular complexity index is 790. The molecule has 0 bridgehead atoms. The predicted molar refractivity (Wildman–Crippen MR) is 101 cm³/mol. The molecule has 130 valence electrons. The van der Waals surface area contributed by atoms with Crippen LogP contribution in [0.1, 0.15) is 28.8 Å². The maximum absolute atomic E-state index is 12.4. The van der Waals surface area contributed by atoms with Crippen LogP contribution in [-0.4, -0.2) is 30.5 Å². The Hall–Kier alpha value is -2.11. The van der Waals surface area contributed by atoms with Gasteiger partial charge in [-0.15, -0.1) is 11.3 Å². The molecule has 4 rings (SSSR count). The third kappa shape index (κ3) is 3.10. The van der Waals surface area contributed by atoms with E-state index in [0.717, 1.165) is 42.1 Å². The smallest absolute Gasteiger partial charge is 0.246 e. The number of thiophene rings is 1. The van der Waals surface area contributed by atoms with Crippen molar-refractivity contribution in [2.45, 2.75) is 24.8 Å². The van der Waals surface area contributed by atoms with Gasteiger partial charge in [0, 0.05) is 41.6 Å². The summed E-state index contributed by atoms with van der Waals surface area (Å²) in [5, 5.41) is 2.02. The summed E-state index contributed by atoms with van der Waals surface area (Å²) < 4.78 is 5.93. The maximum atomic E-state index is 12.4. The zero-order valence-electron chi connectivity index (χ0n) is 14.1. The third-order valence-electron chi connectivity index (χ3n) is 5.32. The number of ether oxygens (including phenoxy) is 1. The molecule has 0 unspecified atom stereocenters. The molecule has 4 nitrogen and oxygen atoms in total. The Balaban J connectivity index is 1.45. The minimum Gasteiger partial charge on any atom is -0.492 e. The highest BCUT2D eigenvalue weighted by Gasteiger charge is 2.43. The summed E-state index contributed by atoms with van der Waals surface area (Å²) in [6, 6.07) is 10.3. The van der Waals surface area contributed by atoms with Gasteiger partial charge in [0.05, 0.1) is 6.61 Å². The topological polar surface area (TPSA) is 55.6 Å². The fourth-order valence-electron chi connectivity index (χ4n) is 3.75. The Kier molecular flexibility index (Phi) is 4.36. The quantitative estimate of drug-likeness (QED) is 0.862. The minimum atomic E-state index is 0.0365. The lowest BCUT2D eigenvalue weighted by atomic mass is 9.74.